The zero-order chi connectivity index (χ0) is 20.5. The van der Waals surface area contributed by atoms with Crippen LogP contribution in [0.5, 0.6) is 5.75 Å². The molecular weight excluding hydrogens is 352 g/mol. The van der Waals surface area contributed by atoms with Crippen LogP contribution >= 0.6 is 0 Å². The summed E-state index contributed by atoms with van der Waals surface area (Å²) in [6, 6.07) is 7.57. The zero-order valence-corrected chi connectivity index (χ0v) is 17.3. The summed E-state index contributed by atoms with van der Waals surface area (Å²) in [6.45, 7) is 11.1. The number of aryl methyl sites for hydroxylation is 1. The van der Waals surface area contributed by atoms with E-state index in [1.165, 1.54) is 24.8 Å². The zero-order valence-electron chi connectivity index (χ0n) is 17.3. The van der Waals surface area contributed by atoms with Crippen LogP contribution in [0.15, 0.2) is 48.2 Å². The first kappa shape index (κ1) is 21.7. The summed E-state index contributed by atoms with van der Waals surface area (Å²) in [4.78, 5) is 25.7. The minimum Gasteiger partial charge on any atom is -0.484 e. The number of nitrogens with one attached hydrogen (secondary N) is 1. The maximum Gasteiger partial charge on any atom is 0.257 e. The molecule has 1 fully saturated rings. The van der Waals surface area contributed by atoms with Crippen molar-refractivity contribution in [3.05, 3.63) is 53.8 Å². The molecule has 1 heterocycles. The van der Waals surface area contributed by atoms with E-state index < -0.39 is 0 Å². The maximum atomic E-state index is 12.1. The van der Waals surface area contributed by atoms with Crippen molar-refractivity contribution in [3.8, 4) is 5.75 Å². The van der Waals surface area contributed by atoms with E-state index in [4.69, 9.17) is 4.74 Å². The number of hydrogen-bond acceptors (Lipinski definition) is 3. The first-order valence-electron chi connectivity index (χ1n) is 10.2. The van der Waals surface area contributed by atoms with Crippen LogP contribution in [0.2, 0.25) is 0 Å². The van der Waals surface area contributed by atoms with Gasteiger partial charge in [-0.05, 0) is 43.4 Å². The van der Waals surface area contributed by atoms with Crippen LogP contribution in [0.1, 0.15) is 45.1 Å². The van der Waals surface area contributed by atoms with Gasteiger partial charge in [-0.25, -0.2) is 0 Å². The van der Waals surface area contributed by atoms with Crippen molar-refractivity contribution in [1.29, 1.82) is 0 Å². The molecular formula is C23H32N2O3. The van der Waals surface area contributed by atoms with Crippen LogP contribution in [-0.2, 0) is 9.59 Å². The first-order valence-corrected chi connectivity index (χ1v) is 10.2. The topological polar surface area (TPSA) is 58.6 Å². The molecule has 3 rings (SSSR count). The molecule has 1 aliphatic heterocycles. The molecule has 0 spiro atoms. The second-order valence-electron chi connectivity index (χ2n) is 7.04. The molecule has 0 aromatic heterocycles. The highest BCUT2D eigenvalue weighted by molar-refractivity contribution is 5.92. The average molecular weight is 385 g/mol. The van der Waals surface area contributed by atoms with Crippen molar-refractivity contribution in [2.45, 2.75) is 46.5 Å². The summed E-state index contributed by atoms with van der Waals surface area (Å²) in [5.74, 6) is 1.09. The van der Waals surface area contributed by atoms with Crippen LogP contribution in [-0.4, -0.2) is 36.4 Å². The number of hydrogen-bond donors (Lipinski definition) is 1. The van der Waals surface area contributed by atoms with Crippen molar-refractivity contribution in [3.63, 3.8) is 0 Å². The number of amides is 2. The van der Waals surface area contributed by atoms with Crippen molar-refractivity contribution in [2.75, 3.05) is 19.7 Å². The fourth-order valence-electron chi connectivity index (χ4n) is 3.15. The number of carbonyl (C=O) groups is 2. The van der Waals surface area contributed by atoms with E-state index in [1.807, 2.05) is 45.0 Å². The predicted octanol–water partition coefficient (Wildman–Crippen LogP) is 3.99. The highest BCUT2D eigenvalue weighted by Crippen LogP contribution is 2.36. The van der Waals surface area contributed by atoms with Gasteiger partial charge < -0.3 is 15.0 Å². The molecule has 5 heteroatoms. The normalized spacial score (nSPS) is 15.9. The standard InChI is InChI=1S/C21H26N2O3.C2H6/c1-15-6-8-19(9-7-15)26-14-20(24)22-11-10-16(2)23-13-18(12-21(23)25)17-4-3-5-17;1-2/h6-9,12,17H,2-5,10-11,13-14H2,1H3,(H,22,24);1-2H3. The minimum absolute atomic E-state index is 0.0194. The van der Waals surface area contributed by atoms with E-state index in [0.717, 1.165) is 11.3 Å². The molecule has 152 valence electrons. The molecule has 0 radical (unpaired) electrons. The van der Waals surface area contributed by atoms with Crippen molar-refractivity contribution >= 4 is 11.8 Å². The summed E-state index contributed by atoms with van der Waals surface area (Å²) in [7, 11) is 0. The fourth-order valence-corrected chi connectivity index (χ4v) is 3.15. The number of rotatable bonds is 8. The molecule has 1 aromatic rings. The Balaban J connectivity index is 0.00000136. The Morgan fingerprint density at radius 2 is 1.93 bits per heavy atom. The molecule has 0 atom stereocenters. The van der Waals surface area contributed by atoms with Crippen LogP contribution in [0.25, 0.3) is 0 Å². The molecule has 0 bridgehead atoms. The lowest BCUT2D eigenvalue weighted by Crippen LogP contribution is -2.32. The third-order valence-corrected chi connectivity index (χ3v) is 5.05. The van der Waals surface area contributed by atoms with E-state index in [9.17, 15) is 9.59 Å². The lowest BCUT2D eigenvalue weighted by molar-refractivity contribution is -0.123. The molecule has 0 unspecified atom stereocenters. The Morgan fingerprint density at radius 3 is 2.54 bits per heavy atom. The molecule has 2 amide bonds. The van der Waals surface area contributed by atoms with Gasteiger partial charge in [0.2, 0.25) is 0 Å². The van der Waals surface area contributed by atoms with Gasteiger partial charge in [0.15, 0.2) is 6.61 Å². The van der Waals surface area contributed by atoms with Gasteiger partial charge in [0, 0.05) is 31.3 Å². The van der Waals surface area contributed by atoms with Gasteiger partial charge in [0.1, 0.15) is 5.75 Å². The molecule has 1 aromatic carbocycles. The summed E-state index contributed by atoms with van der Waals surface area (Å²) < 4.78 is 5.45. The summed E-state index contributed by atoms with van der Waals surface area (Å²) >= 11 is 0. The molecule has 1 saturated carbocycles. The molecule has 28 heavy (non-hydrogen) atoms. The summed E-state index contributed by atoms with van der Waals surface area (Å²) in [6.07, 6.45) is 5.96. The minimum atomic E-state index is -0.181. The number of ether oxygens (including phenoxy) is 1. The van der Waals surface area contributed by atoms with E-state index in [2.05, 4.69) is 11.9 Å². The highest BCUT2D eigenvalue weighted by atomic mass is 16.5. The average Bonchev–Trinajstić information content (AvgIpc) is 3.02. The number of carbonyl (C=O) groups excluding carboxylic acids is 2. The van der Waals surface area contributed by atoms with Gasteiger partial charge in [-0.15, -0.1) is 0 Å². The van der Waals surface area contributed by atoms with Crippen LogP contribution in [0.4, 0.5) is 0 Å². The predicted molar refractivity (Wildman–Crippen MR) is 112 cm³/mol. The van der Waals surface area contributed by atoms with Crippen molar-refractivity contribution < 1.29 is 14.3 Å². The second kappa shape index (κ2) is 10.7. The highest BCUT2D eigenvalue weighted by Gasteiger charge is 2.30. The first-order chi connectivity index (χ1) is 13.5. The molecule has 2 aliphatic rings. The summed E-state index contributed by atoms with van der Waals surface area (Å²) in [5, 5.41) is 2.81. The summed E-state index contributed by atoms with van der Waals surface area (Å²) in [5.41, 5.74) is 3.13. The Morgan fingerprint density at radius 1 is 1.25 bits per heavy atom. The van der Waals surface area contributed by atoms with E-state index >= 15 is 0 Å². The SMILES string of the molecule is C=C(CCNC(=O)COc1ccc(C)cc1)N1CC(C2CCC2)=CC1=O.CC. The molecule has 5 nitrogen and oxygen atoms in total. The van der Waals surface area contributed by atoms with Crippen LogP contribution in [0.3, 0.4) is 0 Å². The van der Waals surface area contributed by atoms with Gasteiger partial charge in [0.25, 0.3) is 11.8 Å². The maximum absolute atomic E-state index is 12.1. The fraction of sp³-hybridized carbons (Fsp3) is 0.478. The lowest BCUT2D eigenvalue weighted by atomic mass is 9.80. The van der Waals surface area contributed by atoms with Gasteiger partial charge in [-0.3, -0.25) is 9.59 Å². The monoisotopic (exact) mass is 384 g/mol. The Kier molecular flexibility index (Phi) is 8.30. The quantitative estimate of drug-likeness (QED) is 0.737. The van der Waals surface area contributed by atoms with Gasteiger partial charge >= 0.3 is 0 Å². The van der Waals surface area contributed by atoms with Gasteiger partial charge in [0.05, 0.1) is 0 Å². The molecule has 1 N–H and O–H groups in total. The third-order valence-electron chi connectivity index (χ3n) is 5.05. The number of benzene rings is 1. The van der Waals surface area contributed by atoms with Crippen molar-refractivity contribution in [1.82, 2.24) is 10.2 Å². The number of nitrogens with zero attached hydrogens (tertiary/aromatic N) is 1. The lowest BCUT2D eigenvalue weighted by Gasteiger charge is -2.28. The van der Waals surface area contributed by atoms with E-state index in [-0.39, 0.29) is 18.4 Å². The van der Waals surface area contributed by atoms with E-state index in [0.29, 0.717) is 31.2 Å². The Bertz CT molecular complexity index is 718. The molecule has 1 aliphatic carbocycles. The second-order valence-corrected chi connectivity index (χ2v) is 7.04. The van der Waals surface area contributed by atoms with Crippen LogP contribution in [0, 0.1) is 12.8 Å². The van der Waals surface area contributed by atoms with E-state index in [1.54, 1.807) is 11.0 Å². The van der Waals surface area contributed by atoms with Crippen molar-refractivity contribution in [2.24, 2.45) is 5.92 Å². The van der Waals surface area contributed by atoms with Gasteiger partial charge in [-0.2, -0.15) is 0 Å². The smallest absolute Gasteiger partial charge is 0.257 e. The largest absolute Gasteiger partial charge is 0.484 e. The third kappa shape index (κ3) is 5.98. The van der Waals surface area contributed by atoms with Crippen LogP contribution < -0.4 is 10.1 Å². The van der Waals surface area contributed by atoms with Gasteiger partial charge in [-0.1, -0.05) is 44.5 Å². The molecule has 0 saturated heterocycles. The Hall–Kier alpha value is -2.56. The Labute approximate surface area is 168 Å².